The Kier molecular flexibility index (Phi) is 5.62. The topological polar surface area (TPSA) is 111 Å². The lowest BCUT2D eigenvalue weighted by molar-refractivity contribution is -0.384. The highest BCUT2D eigenvalue weighted by molar-refractivity contribution is 7.98. The summed E-state index contributed by atoms with van der Waals surface area (Å²) >= 11 is 1.60. The van der Waals surface area contributed by atoms with E-state index in [-0.39, 0.29) is 11.7 Å². The van der Waals surface area contributed by atoms with Crippen LogP contribution in [0.1, 0.15) is 5.56 Å². The Hall–Kier alpha value is -3.46. The number of non-ortho nitro benzene ring substituents is 1. The standard InChI is InChI=1S/C18H14N4O4S/c1-27-15-4-2-3-13(11-15)17-20-21-18(26-17)19-16(23)10-7-12-5-8-14(9-6-12)22(24)25/h2-11H,1H3,(H,19,21,23). The largest absolute Gasteiger partial charge is 0.403 e. The molecular formula is C18H14N4O4S. The van der Waals surface area contributed by atoms with E-state index in [2.05, 4.69) is 15.5 Å². The predicted octanol–water partition coefficient (Wildman–Crippen LogP) is 4.02. The Morgan fingerprint density at radius 2 is 2.00 bits per heavy atom. The summed E-state index contributed by atoms with van der Waals surface area (Å²) in [5, 5.41) is 20.8. The molecule has 0 atom stereocenters. The smallest absolute Gasteiger partial charge is 0.322 e. The first-order chi connectivity index (χ1) is 13.0. The molecule has 3 aromatic rings. The van der Waals surface area contributed by atoms with Crippen LogP contribution < -0.4 is 5.32 Å². The number of amides is 1. The third kappa shape index (κ3) is 4.79. The maximum Gasteiger partial charge on any atom is 0.322 e. The second kappa shape index (κ2) is 8.28. The van der Waals surface area contributed by atoms with Gasteiger partial charge in [0, 0.05) is 28.7 Å². The van der Waals surface area contributed by atoms with E-state index in [4.69, 9.17) is 4.42 Å². The van der Waals surface area contributed by atoms with Gasteiger partial charge in [-0.25, -0.2) is 0 Å². The first kappa shape index (κ1) is 18.3. The van der Waals surface area contributed by atoms with Gasteiger partial charge in [0.2, 0.25) is 5.89 Å². The zero-order valence-corrected chi connectivity index (χ0v) is 15.0. The minimum atomic E-state index is -0.484. The van der Waals surface area contributed by atoms with E-state index in [0.29, 0.717) is 11.5 Å². The van der Waals surface area contributed by atoms with Crippen LogP contribution in [-0.2, 0) is 4.79 Å². The molecule has 0 aliphatic carbocycles. The molecule has 0 fully saturated rings. The van der Waals surface area contributed by atoms with Crippen molar-refractivity contribution in [2.75, 3.05) is 11.6 Å². The van der Waals surface area contributed by atoms with Gasteiger partial charge in [-0.15, -0.1) is 16.9 Å². The lowest BCUT2D eigenvalue weighted by Crippen LogP contribution is -2.07. The summed E-state index contributed by atoms with van der Waals surface area (Å²) in [4.78, 5) is 23.2. The minimum Gasteiger partial charge on any atom is -0.403 e. The molecule has 1 aromatic heterocycles. The fourth-order valence-corrected chi connectivity index (χ4v) is 2.63. The normalized spacial score (nSPS) is 10.9. The van der Waals surface area contributed by atoms with Crippen LogP contribution in [0.5, 0.6) is 0 Å². The van der Waals surface area contributed by atoms with Gasteiger partial charge in [-0.3, -0.25) is 20.2 Å². The number of carbonyl (C=O) groups excluding carboxylic acids is 1. The molecule has 9 heteroatoms. The van der Waals surface area contributed by atoms with Crippen molar-refractivity contribution in [2.24, 2.45) is 0 Å². The van der Waals surface area contributed by atoms with Crippen LogP contribution in [0.15, 0.2) is 63.9 Å². The molecule has 1 amide bonds. The molecule has 136 valence electrons. The number of nitro groups is 1. The number of aromatic nitrogens is 2. The molecule has 0 aliphatic heterocycles. The van der Waals surface area contributed by atoms with E-state index in [1.807, 2.05) is 30.5 Å². The molecule has 1 heterocycles. The Labute approximate surface area is 158 Å². The van der Waals surface area contributed by atoms with E-state index in [9.17, 15) is 14.9 Å². The van der Waals surface area contributed by atoms with Crippen molar-refractivity contribution < 1.29 is 14.1 Å². The number of carbonyl (C=O) groups is 1. The lowest BCUT2D eigenvalue weighted by Gasteiger charge is -1.98. The molecule has 1 N–H and O–H groups in total. The number of benzene rings is 2. The Morgan fingerprint density at radius 3 is 2.70 bits per heavy atom. The highest BCUT2D eigenvalue weighted by Crippen LogP contribution is 2.24. The van der Waals surface area contributed by atoms with Gasteiger partial charge in [0.1, 0.15) is 0 Å². The molecule has 0 saturated heterocycles. The summed E-state index contributed by atoms with van der Waals surface area (Å²) in [6, 6.07) is 13.4. The van der Waals surface area contributed by atoms with Gasteiger partial charge in [0.05, 0.1) is 4.92 Å². The van der Waals surface area contributed by atoms with Crippen LogP contribution in [0.3, 0.4) is 0 Å². The van der Waals surface area contributed by atoms with Gasteiger partial charge < -0.3 is 4.42 Å². The molecule has 8 nitrogen and oxygen atoms in total. The van der Waals surface area contributed by atoms with Gasteiger partial charge in [0.15, 0.2) is 0 Å². The highest BCUT2D eigenvalue weighted by atomic mass is 32.2. The number of rotatable bonds is 6. The first-order valence-corrected chi connectivity index (χ1v) is 8.99. The second-order valence-electron chi connectivity index (χ2n) is 5.32. The maximum absolute atomic E-state index is 12.0. The van der Waals surface area contributed by atoms with E-state index in [1.54, 1.807) is 23.9 Å². The molecular weight excluding hydrogens is 368 g/mol. The van der Waals surface area contributed by atoms with Gasteiger partial charge >= 0.3 is 6.01 Å². The average Bonchev–Trinajstić information content (AvgIpc) is 3.15. The number of nitrogens with zero attached hydrogens (tertiary/aromatic N) is 3. The van der Waals surface area contributed by atoms with Crippen molar-refractivity contribution in [2.45, 2.75) is 4.90 Å². The Bertz CT molecular complexity index is 999. The molecule has 0 saturated carbocycles. The number of hydrogen-bond acceptors (Lipinski definition) is 7. The fourth-order valence-electron chi connectivity index (χ4n) is 2.17. The Balaban J connectivity index is 1.64. The lowest BCUT2D eigenvalue weighted by atomic mass is 10.2. The van der Waals surface area contributed by atoms with Crippen LogP contribution >= 0.6 is 11.8 Å². The summed E-state index contributed by atoms with van der Waals surface area (Å²) < 4.78 is 5.46. The molecule has 0 radical (unpaired) electrons. The molecule has 0 bridgehead atoms. The summed E-state index contributed by atoms with van der Waals surface area (Å²) in [6.45, 7) is 0. The van der Waals surface area contributed by atoms with Crippen molar-refractivity contribution in [1.82, 2.24) is 10.2 Å². The first-order valence-electron chi connectivity index (χ1n) is 7.76. The zero-order valence-electron chi connectivity index (χ0n) is 14.2. The molecule has 2 aromatic carbocycles. The quantitative estimate of drug-likeness (QED) is 0.297. The predicted molar refractivity (Wildman–Crippen MR) is 102 cm³/mol. The van der Waals surface area contributed by atoms with E-state index in [1.165, 1.54) is 24.3 Å². The molecule has 0 unspecified atom stereocenters. The van der Waals surface area contributed by atoms with E-state index in [0.717, 1.165) is 10.5 Å². The van der Waals surface area contributed by atoms with Gasteiger partial charge in [0.25, 0.3) is 11.6 Å². The number of hydrogen-bond donors (Lipinski definition) is 1. The second-order valence-corrected chi connectivity index (χ2v) is 6.20. The summed E-state index contributed by atoms with van der Waals surface area (Å²) in [5.74, 6) is -0.151. The van der Waals surface area contributed by atoms with Gasteiger partial charge in [-0.05, 0) is 48.2 Å². The number of nitro benzene ring substituents is 1. The fraction of sp³-hybridized carbons (Fsp3) is 0.0556. The van der Waals surface area contributed by atoms with Crippen LogP contribution in [0.4, 0.5) is 11.7 Å². The van der Waals surface area contributed by atoms with Gasteiger partial charge in [-0.1, -0.05) is 11.2 Å². The number of nitrogens with one attached hydrogen (secondary N) is 1. The molecule has 3 rings (SSSR count). The summed E-state index contributed by atoms with van der Waals surface area (Å²) in [5.41, 5.74) is 1.40. The van der Waals surface area contributed by atoms with Crippen LogP contribution in [-0.4, -0.2) is 27.3 Å². The number of anilines is 1. The third-order valence-electron chi connectivity index (χ3n) is 3.50. The minimum absolute atomic E-state index is 0.0134. The van der Waals surface area contributed by atoms with E-state index >= 15 is 0 Å². The molecule has 0 aliphatic rings. The summed E-state index contributed by atoms with van der Waals surface area (Å²) in [6.07, 6.45) is 4.77. The Morgan fingerprint density at radius 1 is 1.22 bits per heavy atom. The van der Waals surface area contributed by atoms with Crippen LogP contribution in [0, 0.1) is 10.1 Å². The van der Waals surface area contributed by atoms with Crippen molar-refractivity contribution in [3.63, 3.8) is 0 Å². The van der Waals surface area contributed by atoms with Crippen molar-refractivity contribution >= 4 is 35.4 Å². The zero-order chi connectivity index (χ0) is 19.2. The summed E-state index contributed by atoms with van der Waals surface area (Å²) in [7, 11) is 0. The third-order valence-corrected chi connectivity index (χ3v) is 4.23. The van der Waals surface area contributed by atoms with Crippen LogP contribution in [0.25, 0.3) is 17.5 Å². The molecule has 27 heavy (non-hydrogen) atoms. The van der Waals surface area contributed by atoms with Gasteiger partial charge in [-0.2, -0.15) is 0 Å². The van der Waals surface area contributed by atoms with E-state index < -0.39 is 10.8 Å². The maximum atomic E-state index is 12.0. The SMILES string of the molecule is CSc1cccc(-c2nnc(NC(=O)C=Cc3ccc([N+](=O)[O-])cc3)o2)c1. The van der Waals surface area contributed by atoms with Crippen molar-refractivity contribution in [3.05, 3.63) is 70.3 Å². The van der Waals surface area contributed by atoms with Crippen LogP contribution in [0.2, 0.25) is 0 Å². The highest BCUT2D eigenvalue weighted by Gasteiger charge is 2.10. The average molecular weight is 382 g/mol. The van der Waals surface area contributed by atoms with Crippen molar-refractivity contribution in [3.8, 4) is 11.5 Å². The number of thioether (sulfide) groups is 1. The van der Waals surface area contributed by atoms with Crippen molar-refractivity contribution in [1.29, 1.82) is 0 Å². The molecule has 0 spiro atoms. The monoisotopic (exact) mass is 382 g/mol.